The van der Waals surface area contributed by atoms with E-state index < -0.39 is 0 Å². The van der Waals surface area contributed by atoms with Crippen molar-refractivity contribution in [2.24, 2.45) is 5.92 Å². The van der Waals surface area contributed by atoms with Crippen molar-refractivity contribution in [1.82, 2.24) is 0 Å². The highest BCUT2D eigenvalue weighted by molar-refractivity contribution is 5.81. The topological polar surface area (TPSA) is 0 Å². The summed E-state index contributed by atoms with van der Waals surface area (Å²) < 4.78 is 0. The van der Waals surface area contributed by atoms with Crippen LogP contribution in [0.1, 0.15) is 33.7 Å². The molecule has 5 aromatic rings. The molecule has 0 bridgehead atoms. The zero-order valence-electron chi connectivity index (χ0n) is 21.4. The van der Waals surface area contributed by atoms with Gasteiger partial charge in [-0.3, -0.25) is 0 Å². The maximum absolute atomic E-state index is 2.54. The quantitative estimate of drug-likeness (QED) is 0.224. The van der Waals surface area contributed by atoms with Gasteiger partial charge in [0.1, 0.15) is 0 Å². The van der Waals surface area contributed by atoms with Crippen molar-refractivity contribution in [3.8, 4) is 11.1 Å². The molecular weight excluding hydrogens is 456 g/mol. The molecule has 2 aliphatic carbocycles. The van der Waals surface area contributed by atoms with Crippen molar-refractivity contribution in [3.63, 3.8) is 0 Å². The molecule has 182 valence electrons. The van der Waals surface area contributed by atoms with Crippen LogP contribution < -0.4 is 0 Å². The van der Waals surface area contributed by atoms with Crippen LogP contribution >= 0.6 is 0 Å². The molecule has 0 N–H and O–H groups in total. The Labute approximate surface area is 225 Å². The first-order valence-electron chi connectivity index (χ1n) is 13.6. The summed E-state index contributed by atoms with van der Waals surface area (Å²) in [7, 11) is 0. The number of allylic oxidation sites excluding steroid dienone is 4. The van der Waals surface area contributed by atoms with E-state index in [0.717, 1.165) is 6.42 Å². The second-order valence-corrected chi connectivity index (χ2v) is 10.5. The van der Waals surface area contributed by atoms with Crippen LogP contribution in [0.3, 0.4) is 0 Å². The van der Waals surface area contributed by atoms with Gasteiger partial charge in [0.2, 0.25) is 0 Å². The molecule has 1 unspecified atom stereocenters. The Morgan fingerprint density at radius 2 is 0.974 bits per heavy atom. The molecule has 0 nitrogen and oxygen atoms in total. The van der Waals surface area contributed by atoms with E-state index in [1.165, 1.54) is 44.5 Å². The van der Waals surface area contributed by atoms with E-state index in [4.69, 9.17) is 0 Å². The van der Waals surface area contributed by atoms with Crippen LogP contribution in [-0.4, -0.2) is 0 Å². The van der Waals surface area contributed by atoms with Crippen LogP contribution in [0.4, 0.5) is 0 Å². The molecule has 7 rings (SSSR count). The number of rotatable bonds is 6. The molecule has 0 heteroatoms. The molecule has 0 fully saturated rings. The molecular formula is C38H30. The minimum Gasteiger partial charge on any atom is -0.0761 e. The van der Waals surface area contributed by atoms with Gasteiger partial charge in [0, 0.05) is 17.3 Å². The fourth-order valence-corrected chi connectivity index (χ4v) is 6.95. The smallest absolute Gasteiger partial charge is 0.0409 e. The Kier molecular flexibility index (Phi) is 5.67. The van der Waals surface area contributed by atoms with E-state index in [9.17, 15) is 0 Å². The van der Waals surface area contributed by atoms with E-state index in [1.54, 1.807) is 0 Å². The summed E-state index contributed by atoms with van der Waals surface area (Å²) in [4.78, 5) is 0. The van der Waals surface area contributed by atoms with Gasteiger partial charge in [-0.05, 0) is 50.9 Å². The van der Waals surface area contributed by atoms with Crippen molar-refractivity contribution in [3.05, 3.63) is 191 Å². The monoisotopic (exact) mass is 486 g/mol. The summed E-state index contributed by atoms with van der Waals surface area (Å²) in [5.41, 5.74) is 10.7. The molecule has 38 heavy (non-hydrogen) atoms. The summed E-state index contributed by atoms with van der Waals surface area (Å²) in [6.45, 7) is 0. The van der Waals surface area contributed by atoms with Gasteiger partial charge in [-0.1, -0.05) is 158 Å². The predicted octanol–water partition coefficient (Wildman–Crippen LogP) is 9.14. The number of fused-ring (bicyclic) bond motifs is 3. The van der Waals surface area contributed by atoms with Gasteiger partial charge in [0.15, 0.2) is 0 Å². The van der Waals surface area contributed by atoms with Crippen molar-refractivity contribution in [2.45, 2.75) is 17.8 Å². The molecule has 5 aromatic carbocycles. The SMILES string of the molecule is C1=CC(C(c2ccccc2)(c2ccccc2)C2c3ccccc3-c3ccccc32)C=C1Cc1ccccc1. The van der Waals surface area contributed by atoms with E-state index in [0.29, 0.717) is 0 Å². The zero-order valence-corrected chi connectivity index (χ0v) is 21.4. The van der Waals surface area contributed by atoms with Crippen LogP contribution in [0.25, 0.3) is 11.1 Å². The second-order valence-electron chi connectivity index (χ2n) is 10.5. The summed E-state index contributed by atoms with van der Waals surface area (Å²) in [6.07, 6.45) is 8.31. The first-order valence-corrected chi connectivity index (χ1v) is 13.6. The largest absolute Gasteiger partial charge is 0.0761 e. The van der Waals surface area contributed by atoms with Gasteiger partial charge in [-0.2, -0.15) is 0 Å². The third kappa shape index (κ3) is 3.60. The Bertz CT molecular complexity index is 1540. The van der Waals surface area contributed by atoms with Crippen LogP contribution in [-0.2, 0) is 11.8 Å². The minimum absolute atomic E-state index is 0.182. The summed E-state index contributed by atoms with van der Waals surface area (Å²) in [5.74, 6) is 0.386. The zero-order chi connectivity index (χ0) is 25.4. The van der Waals surface area contributed by atoms with E-state index in [2.05, 4.69) is 158 Å². The maximum Gasteiger partial charge on any atom is 0.0409 e. The van der Waals surface area contributed by atoms with E-state index in [1.807, 2.05) is 0 Å². The van der Waals surface area contributed by atoms with Gasteiger partial charge in [0.05, 0.1) is 0 Å². The lowest BCUT2D eigenvalue weighted by molar-refractivity contribution is 0.395. The normalized spacial score (nSPS) is 16.2. The first kappa shape index (κ1) is 22.8. The average molecular weight is 487 g/mol. The third-order valence-corrected chi connectivity index (χ3v) is 8.48. The average Bonchev–Trinajstić information content (AvgIpc) is 3.59. The summed E-state index contributed by atoms with van der Waals surface area (Å²) >= 11 is 0. The molecule has 0 aromatic heterocycles. The van der Waals surface area contributed by atoms with Crippen molar-refractivity contribution >= 4 is 0 Å². The van der Waals surface area contributed by atoms with Crippen molar-refractivity contribution in [1.29, 1.82) is 0 Å². The molecule has 0 amide bonds. The van der Waals surface area contributed by atoms with Crippen molar-refractivity contribution < 1.29 is 0 Å². The highest BCUT2D eigenvalue weighted by Gasteiger charge is 2.51. The molecule has 0 aliphatic heterocycles. The Balaban J connectivity index is 1.50. The Morgan fingerprint density at radius 3 is 1.53 bits per heavy atom. The standard InChI is InChI=1S/C38H30/c1-4-14-28(15-5-1)26-29-24-25-32(27-29)38(30-16-6-2-7-17-30,31-18-8-3-9-19-31)37-35-22-12-10-20-33(35)34-21-11-13-23-36(34)37/h1-25,27,32,37H,26H2. The van der Waals surface area contributed by atoms with Crippen LogP contribution in [0.15, 0.2) is 163 Å². The van der Waals surface area contributed by atoms with Gasteiger partial charge in [-0.15, -0.1) is 0 Å². The second kappa shape index (κ2) is 9.47. The van der Waals surface area contributed by atoms with Crippen LogP contribution in [0, 0.1) is 5.92 Å². The van der Waals surface area contributed by atoms with Gasteiger partial charge in [0.25, 0.3) is 0 Å². The third-order valence-electron chi connectivity index (χ3n) is 8.48. The first-order chi connectivity index (χ1) is 18.9. The van der Waals surface area contributed by atoms with E-state index >= 15 is 0 Å². The lowest BCUT2D eigenvalue weighted by Gasteiger charge is -2.45. The molecule has 0 heterocycles. The summed E-state index contributed by atoms with van der Waals surface area (Å²) in [6, 6.07) is 51.3. The predicted molar refractivity (Wildman–Crippen MR) is 158 cm³/mol. The highest BCUT2D eigenvalue weighted by atomic mass is 14.5. The van der Waals surface area contributed by atoms with E-state index in [-0.39, 0.29) is 17.3 Å². The number of hydrogen-bond donors (Lipinski definition) is 0. The van der Waals surface area contributed by atoms with Gasteiger partial charge < -0.3 is 0 Å². The Morgan fingerprint density at radius 1 is 0.500 bits per heavy atom. The highest BCUT2D eigenvalue weighted by Crippen LogP contribution is 2.60. The maximum atomic E-state index is 2.54. The van der Waals surface area contributed by atoms with Crippen molar-refractivity contribution in [2.75, 3.05) is 0 Å². The lowest BCUT2D eigenvalue weighted by Crippen LogP contribution is -2.40. The number of hydrogen-bond acceptors (Lipinski definition) is 0. The fourth-order valence-electron chi connectivity index (χ4n) is 6.95. The van der Waals surface area contributed by atoms with Crippen LogP contribution in [0.2, 0.25) is 0 Å². The Hall–Kier alpha value is -4.42. The lowest BCUT2D eigenvalue weighted by atomic mass is 9.56. The molecule has 0 radical (unpaired) electrons. The fraction of sp³-hybridized carbons (Fsp3) is 0.105. The molecule has 0 saturated heterocycles. The van der Waals surface area contributed by atoms with Crippen LogP contribution in [0.5, 0.6) is 0 Å². The molecule has 0 saturated carbocycles. The molecule has 1 atom stereocenters. The number of benzene rings is 5. The molecule has 0 spiro atoms. The van der Waals surface area contributed by atoms with Gasteiger partial charge >= 0.3 is 0 Å². The summed E-state index contributed by atoms with van der Waals surface area (Å²) in [5, 5.41) is 0. The minimum atomic E-state index is -0.305. The molecule has 2 aliphatic rings. The van der Waals surface area contributed by atoms with Gasteiger partial charge in [-0.25, -0.2) is 0 Å².